The molecule has 1 N–H and O–H groups in total. The Morgan fingerprint density at radius 3 is 2.52 bits per heavy atom. The van der Waals surface area contributed by atoms with Gasteiger partial charge in [0.05, 0.1) is 5.92 Å². The average molecular weight is 421 g/mol. The monoisotopic (exact) mass is 420 g/mol. The summed E-state index contributed by atoms with van der Waals surface area (Å²) in [5, 5.41) is 9.81. The largest absolute Gasteiger partial charge is 0.481 e. The predicted molar refractivity (Wildman–Crippen MR) is 129 cm³/mol. The molecule has 0 amide bonds. The van der Waals surface area contributed by atoms with Crippen LogP contribution in [0.3, 0.4) is 0 Å². The van der Waals surface area contributed by atoms with Gasteiger partial charge in [-0.3, -0.25) is 9.79 Å². The van der Waals surface area contributed by atoms with E-state index >= 15 is 0 Å². The molecule has 0 bridgehead atoms. The van der Waals surface area contributed by atoms with Gasteiger partial charge in [-0.15, -0.1) is 0 Å². The van der Waals surface area contributed by atoms with Crippen molar-refractivity contribution in [3.8, 4) is 0 Å². The molecule has 1 aromatic rings. The minimum absolute atomic E-state index is 0.192. The first kappa shape index (κ1) is 23.1. The Morgan fingerprint density at radius 2 is 1.90 bits per heavy atom. The summed E-state index contributed by atoms with van der Waals surface area (Å²) in [6, 6.07) is 10.3. The van der Waals surface area contributed by atoms with Gasteiger partial charge in [-0.1, -0.05) is 81.2 Å². The SMILES string of the molecule is C=C/C=C1/C(c2ccccc2)=CN(CCCCC(C(=O)O)C2CCCCCC2)/C1=N/C. The Kier molecular flexibility index (Phi) is 8.69. The van der Waals surface area contributed by atoms with Crippen LogP contribution < -0.4 is 0 Å². The Labute approximate surface area is 187 Å². The number of rotatable bonds is 9. The normalized spacial score (nSPS) is 21.2. The molecule has 1 aliphatic heterocycles. The van der Waals surface area contributed by atoms with Crippen molar-refractivity contribution in [1.82, 2.24) is 4.90 Å². The molecule has 3 rings (SSSR count). The summed E-state index contributed by atoms with van der Waals surface area (Å²) in [5.74, 6) is 0.512. The Balaban J connectivity index is 1.63. The maximum atomic E-state index is 11.9. The van der Waals surface area contributed by atoms with Crippen molar-refractivity contribution in [2.45, 2.75) is 57.8 Å². The minimum atomic E-state index is -0.605. The summed E-state index contributed by atoms with van der Waals surface area (Å²) >= 11 is 0. The zero-order valence-corrected chi connectivity index (χ0v) is 18.8. The molecule has 0 aromatic heterocycles. The third-order valence-corrected chi connectivity index (χ3v) is 6.62. The topological polar surface area (TPSA) is 52.9 Å². The van der Waals surface area contributed by atoms with Gasteiger partial charge in [-0.2, -0.15) is 0 Å². The molecule has 1 fully saturated rings. The lowest BCUT2D eigenvalue weighted by molar-refractivity contribution is -0.144. The summed E-state index contributed by atoms with van der Waals surface area (Å²) in [7, 11) is 1.83. The van der Waals surface area contributed by atoms with E-state index in [1.807, 2.05) is 37.4 Å². The second-order valence-corrected chi connectivity index (χ2v) is 8.66. The van der Waals surface area contributed by atoms with E-state index in [4.69, 9.17) is 0 Å². The number of benzene rings is 1. The van der Waals surface area contributed by atoms with Crippen molar-refractivity contribution in [3.63, 3.8) is 0 Å². The first-order chi connectivity index (χ1) is 15.2. The summed E-state index contributed by atoms with van der Waals surface area (Å²) in [4.78, 5) is 18.7. The van der Waals surface area contributed by atoms with Crippen molar-refractivity contribution in [3.05, 3.63) is 66.4 Å². The van der Waals surface area contributed by atoms with Crippen LogP contribution in [-0.4, -0.2) is 35.4 Å². The molecular weight excluding hydrogens is 384 g/mol. The van der Waals surface area contributed by atoms with Gasteiger partial charge in [0.25, 0.3) is 0 Å². The van der Waals surface area contributed by atoms with E-state index in [1.54, 1.807) is 0 Å². The van der Waals surface area contributed by atoms with Crippen molar-refractivity contribution < 1.29 is 9.90 Å². The molecule has 2 aliphatic rings. The third-order valence-electron chi connectivity index (χ3n) is 6.62. The Bertz CT molecular complexity index is 830. The van der Waals surface area contributed by atoms with Gasteiger partial charge in [0, 0.05) is 30.9 Å². The number of hydrogen-bond donors (Lipinski definition) is 1. The highest BCUT2D eigenvalue weighted by molar-refractivity contribution is 6.16. The van der Waals surface area contributed by atoms with Crippen LogP contribution in [0.2, 0.25) is 0 Å². The molecule has 31 heavy (non-hydrogen) atoms. The van der Waals surface area contributed by atoms with E-state index in [9.17, 15) is 9.90 Å². The van der Waals surface area contributed by atoms with Crippen LogP contribution in [0.4, 0.5) is 0 Å². The Morgan fingerprint density at radius 1 is 1.19 bits per heavy atom. The number of allylic oxidation sites excluding steroid dienone is 2. The lowest BCUT2D eigenvalue weighted by Gasteiger charge is -2.23. The van der Waals surface area contributed by atoms with Gasteiger partial charge in [-0.05, 0) is 37.2 Å². The van der Waals surface area contributed by atoms with Crippen LogP contribution in [0.25, 0.3) is 5.57 Å². The number of carbonyl (C=O) groups is 1. The number of aliphatic imine (C=N–C) groups is 1. The molecule has 1 aliphatic carbocycles. The number of hydrogen-bond acceptors (Lipinski definition) is 2. The molecule has 0 saturated heterocycles. The number of unbranched alkanes of at least 4 members (excludes halogenated alkanes) is 1. The van der Waals surface area contributed by atoms with Crippen molar-refractivity contribution in [2.75, 3.05) is 13.6 Å². The molecule has 1 heterocycles. The van der Waals surface area contributed by atoms with Crippen LogP contribution in [-0.2, 0) is 4.79 Å². The lowest BCUT2D eigenvalue weighted by atomic mass is 9.83. The number of aliphatic carboxylic acids is 1. The summed E-state index contributed by atoms with van der Waals surface area (Å²) in [6.07, 6.45) is 15.7. The second-order valence-electron chi connectivity index (χ2n) is 8.66. The van der Waals surface area contributed by atoms with Gasteiger partial charge in [0.15, 0.2) is 0 Å². The summed E-state index contributed by atoms with van der Waals surface area (Å²) in [6.45, 7) is 4.72. The van der Waals surface area contributed by atoms with E-state index in [0.717, 1.165) is 55.6 Å². The van der Waals surface area contributed by atoms with Crippen LogP contribution in [0.15, 0.2) is 65.8 Å². The van der Waals surface area contributed by atoms with Crippen molar-refractivity contribution in [2.24, 2.45) is 16.8 Å². The first-order valence-electron chi connectivity index (χ1n) is 11.7. The smallest absolute Gasteiger partial charge is 0.306 e. The second kappa shape index (κ2) is 11.7. The van der Waals surface area contributed by atoms with E-state index in [2.05, 4.69) is 34.8 Å². The average Bonchev–Trinajstić information content (AvgIpc) is 2.93. The number of carboxylic acid groups (broad SMARTS) is 1. The molecule has 1 saturated carbocycles. The zero-order valence-electron chi connectivity index (χ0n) is 18.8. The third kappa shape index (κ3) is 5.96. The van der Waals surface area contributed by atoms with Crippen LogP contribution in [0, 0.1) is 11.8 Å². The van der Waals surface area contributed by atoms with E-state index < -0.39 is 5.97 Å². The fraction of sp³-hybridized carbons (Fsp3) is 0.481. The minimum Gasteiger partial charge on any atom is -0.481 e. The van der Waals surface area contributed by atoms with Gasteiger partial charge < -0.3 is 10.0 Å². The molecular formula is C27H36N2O2. The van der Waals surface area contributed by atoms with Crippen molar-refractivity contribution >= 4 is 17.4 Å². The highest BCUT2D eigenvalue weighted by Crippen LogP contribution is 2.34. The molecule has 4 heteroatoms. The maximum Gasteiger partial charge on any atom is 0.306 e. The lowest BCUT2D eigenvalue weighted by Crippen LogP contribution is -2.25. The summed E-state index contributed by atoms with van der Waals surface area (Å²) < 4.78 is 0. The predicted octanol–water partition coefficient (Wildman–Crippen LogP) is 6.33. The zero-order chi connectivity index (χ0) is 22.1. The standard InChI is InChI=1S/C27H36N2O2/c1-3-13-24-25(22-16-9-6-10-17-22)20-29(26(24)28-2)19-12-11-18-23(27(30)31)21-14-7-4-5-8-15-21/h3,6,9-10,13,16-17,20-21,23H,1,4-5,7-8,11-12,14-15,18-19H2,2H3,(H,30,31)/b24-13-,28-26+. The maximum absolute atomic E-state index is 11.9. The number of nitrogens with zero attached hydrogens (tertiary/aromatic N) is 2. The van der Waals surface area contributed by atoms with Gasteiger partial charge in [0.2, 0.25) is 0 Å². The molecule has 4 nitrogen and oxygen atoms in total. The van der Waals surface area contributed by atoms with E-state index in [1.165, 1.54) is 31.2 Å². The van der Waals surface area contributed by atoms with Gasteiger partial charge in [0.1, 0.15) is 5.84 Å². The molecule has 1 atom stereocenters. The summed E-state index contributed by atoms with van der Waals surface area (Å²) in [5.41, 5.74) is 3.41. The first-order valence-corrected chi connectivity index (χ1v) is 11.7. The highest BCUT2D eigenvalue weighted by atomic mass is 16.4. The molecule has 1 aromatic carbocycles. The Hall–Kier alpha value is -2.62. The fourth-order valence-electron chi connectivity index (χ4n) is 5.03. The molecule has 0 spiro atoms. The number of amidine groups is 1. The highest BCUT2D eigenvalue weighted by Gasteiger charge is 2.29. The van der Waals surface area contributed by atoms with Crippen molar-refractivity contribution in [1.29, 1.82) is 0 Å². The van der Waals surface area contributed by atoms with Crippen LogP contribution >= 0.6 is 0 Å². The van der Waals surface area contributed by atoms with E-state index in [-0.39, 0.29) is 5.92 Å². The molecule has 166 valence electrons. The quantitative estimate of drug-likeness (QED) is 0.375. The van der Waals surface area contributed by atoms with Gasteiger partial charge in [-0.25, -0.2) is 0 Å². The van der Waals surface area contributed by atoms with Crippen LogP contribution in [0.1, 0.15) is 63.4 Å². The fourth-order valence-corrected chi connectivity index (χ4v) is 5.03. The number of carboxylic acids is 1. The van der Waals surface area contributed by atoms with E-state index in [0.29, 0.717) is 5.92 Å². The molecule has 0 radical (unpaired) electrons. The van der Waals surface area contributed by atoms with Gasteiger partial charge >= 0.3 is 5.97 Å². The molecule has 1 unspecified atom stereocenters. The van der Waals surface area contributed by atoms with Crippen LogP contribution in [0.5, 0.6) is 0 Å².